The molecule has 5 heterocycles. The number of imidazole rings is 1. The number of nitrogen functional groups attached to an aromatic ring is 1. The zero-order valence-electron chi connectivity index (χ0n) is 21.7. The number of aliphatic hydroxyl groups is 1. The molecule has 22 heteroatoms. The van der Waals surface area contributed by atoms with Crippen molar-refractivity contribution < 1.29 is 52.0 Å². The van der Waals surface area contributed by atoms with Crippen molar-refractivity contribution in [3.8, 4) is 0 Å². The summed E-state index contributed by atoms with van der Waals surface area (Å²) in [4.78, 5) is 66.8. The van der Waals surface area contributed by atoms with Gasteiger partial charge in [-0.1, -0.05) is 0 Å². The Morgan fingerprint density at radius 3 is 2.48 bits per heavy atom. The largest absolute Gasteiger partial charge is 0.472 e. The Kier molecular flexibility index (Phi) is 8.49. The molecule has 3 aromatic heterocycles. The van der Waals surface area contributed by atoms with Crippen LogP contribution in [0.15, 0.2) is 28.4 Å². The first-order valence-electron chi connectivity index (χ1n) is 12.3. The summed E-state index contributed by atoms with van der Waals surface area (Å²) in [6.07, 6.45) is -3.22. The Hall–Kier alpha value is -2.87. The van der Waals surface area contributed by atoms with E-state index in [0.717, 1.165) is 4.57 Å². The summed E-state index contributed by atoms with van der Waals surface area (Å²) in [5.74, 6) is 0.0957. The number of hydrogen-bond donors (Lipinski definition) is 6. The van der Waals surface area contributed by atoms with Gasteiger partial charge in [-0.2, -0.15) is 0 Å². The average molecular weight is 635 g/mol. The van der Waals surface area contributed by atoms with Crippen molar-refractivity contribution in [1.82, 2.24) is 29.1 Å². The van der Waals surface area contributed by atoms with Crippen molar-refractivity contribution in [1.29, 1.82) is 0 Å². The van der Waals surface area contributed by atoms with E-state index >= 15 is 0 Å². The lowest BCUT2D eigenvalue weighted by Gasteiger charge is -2.22. The number of H-pyrrole nitrogens is 1. The first kappa shape index (κ1) is 30.6. The summed E-state index contributed by atoms with van der Waals surface area (Å²) in [6, 6.07) is 0. The van der Waals surface area contributed by atoms with Crippen molar-refractivity contribution in [2.45, 2.75) is 56.6 Å². The number of aromatic amines is 1. The number of phosphoric ester groups is 2. The van der Waals surface area contributed by atoms with Gasteiger partial charge in [0.2, 0.25) is 0 Å². The van der Waals surface area contributed by atoms with E-state index in [1.54, 1.807) is 0 Å². The minimum absolute atomic E-state index is 0.0805. The Balaban J connectivity index is 1.26. The number of nitrogens with one attached hydrogen (secondary N) is 1. The zero-order valence-corrected chi connectivity index (χ0v) is 23.5. The molecule has 5 rings (SSSR count). The van der Waals surface area contributed by atoms with Crippen LogP contribution in [0.25, 0.3) is 11.2 Å². The van der Waals surface area contributed by atoms with Gasteiger partial charge in [0.1, 0.15) is 42.6 Å². The number of ether oxygens (including phenoxy) is 2. The molecule has 2 saturated heterocycles. The molecule has 0 aliphatic carbocycles. The summed E-state index contributed by atoms with van der Waals surface area (Å²) >= 11 is 0. The van der Waals surface area contributed by atoms with Gasteiger partial charge >= 0.3 is 21.3 Å². The van der Waals surface area contributed by atoms with Crippen LogP contribution in [0, 0.1) is 6.92 Å². The number of nitrogens with two attached hydrogens (primary N) is 1. The fourth-order valence-corrected chi connectivity index (χ4v) is 5.89. The molecule has 20 nitrogen and oxygen atoms in total. The highest BCUT2D eigenvalue weighted by Crippen LogP contribution is 2.50. The van der Waals surface area contributed by atoms with Crippen LogP contribution in [0.3, 0.4) is 0 Å². The number of rotatable bonds is 10. The van der Waals surface area contributed by atoms with Gasteiger partial charge in [-0.15, -0.1) is 0 Å². The molecule has 2 aliphatic rings. The summed E-state index contributed by atoms with van der Waals surface area (Å²) in [7, 11) is -9.84. The Labute approximate surface area is 234 Å². The molecule has 230 valence electrons. The summed E-state index contributed by atoms with van der Waals surface area (Å²) in [5, 5.41) is 10.4. The van der Waals surface area contributed by atoms with Crippen molar-refractivity contribution in [2.75, 3.05) is 18.9 Å². The lowest BCUT2D eigenvalue weighted by molar-refractivity contribution is -0.0562. The highest BCUT2D eigenvalue weighted by atomic mass is 31.2. The summed E-state index contributed by atoms with van der Waals surface area (Å²) < 4.78 is 53.0. The zero-order chi connectivity index (χ0) is 30.4. The maximum Gasteiger partial charge on any atom is 0.472 e. The van der Waals surface area contributed by atoms with Crippen LogP contribution in [0.5, 0.6) is 0 Å². The summed E-state index contributed by atoms with van der Waals surface area (Å²) in [5.41, 5.74) is 5.24. The normalized spacial score (nSPS) is 27.9. The van der Waals surface area contributed by atoms with Gasteiger partial charge in [-0.25, -0.2) is 28.9 Å². The molecular formula is C20H27N7O13P2. The Bertz CT molecular complexity index is 1670. The van der Waals surface area contributed by atoms with E-state index in [2.05, 4.69) is 24.5 Å². The fraction of sp³-hybridized carbons (Fsp3) is 0.550. The van der Waals surface area contributed by atoms with Crippen molar-refractivity contribution >= 4 is 32.6 Å². The smallest absolute Gasteiger partial charge is 0.390 e. The van der Waals surface area contributed by atoms with Crippen LogP contribution in [-0.4, -0.2) is 86.5 Å². The van der Waals surface area contributed by atoms with Crippen LogP contribution in [-0.2, 0) is 32.2 Å². The van der Waals surface area contributed by atoms with Gasteiger partial charge in [0.05, 0.1) is 25.6 Å². The number of hydrogen-bond acceptors (Lipinski definition) is 14. The Morgan fingerprint density at radius 2 is 1.74 bits per heavy atom. The third kappa shape index (κ3) is 6.69. The molecule has 0 radical (unpaired) electrons. The number of nitrogens with zero attached hydrogens (tertiary/aromatic N) is 5. The standard InChI is InChI=1S/C20H27N7O13P2/c1-9-4-26(20(30)25-19(9)29)14-2-10(28)12(38-14)5-37-42(34,35)40-11-3-15(39-13(11)6-36-41(31,32)33)27-8-24-16-17(21)22-7-23-18(16)27/h4,7-8,10-15,28H,2-3,5-6H2,1H3,(H,34,35)(H2,21,22,23)(H,25,29,30)(H2,31,32,33)/t10?,11?,12-,13-,14-,15-/m1/s1. The van der Waals surface area contributed by atoms with Gasteiger partial charge in [0.15, 0.2) is 11.5 Å². The van der Waals surface area contributed by atoms with Gasteiger partial charge in [-0.05, 0) is 6.92 Å². The van der Waals surface area contributed by atoms with E-state index in [0.29, 0.717) is 0 Å². The van der Waals surface area contributed by atoms with Crippen LogP contribution in [0.1, 0.15) is 30.9 Å². The third-order valence-electron chi connectivity index (χ3n) is 6.62. The van der Waals surface area contributed by atoms with Gasteiger partial charge < -0.3 is 35.0 Å². The van der Waals surface area contributed by atoms with Crippen molar-refractivity contribution in [2.24, 2.45) is 0 Å². The van der Waals surface area contributed by atoms with E-state index in [1.165, 1.54) is 30.3 Å². The third-order valence-corrected chi connectivity index (χ3v) is 8.11. The highest BCUT2D eigenvalue weighted by molar-refractivity contribution is 7.47. The number of phosphoric acid groups is 2. The van der Waals surface area contributed by atoms with E-state index < -0.39 is 77.0 Å². The second-order valence-electron chi connectivity index (χ2n) is 9.55. The summed E-state index contributed by atoms with van der Waals surface area (Å²) in [6.45, 7) is 0.133. The van der Waals surface area contributed by atoms with Crippen LogP contribution < -0.4 is 17.0 Å². The van der Waals surface area contributed by atoms with E-state index in [4.69, 9.17) is 34.0 Å². The van der Waals surface area contributed by atoms with Crippen LogP contribution in [0.4, 0.5) is 5.82 Å². The predicted molar refractivity (Wildman–Crippen MR) is 138 cm³/mol. The molecule has 3 aromatic rings. The Morgan fingerprint density at radius 1 is 1.05 bits per heavy atom. The molecule has 42 heavy (non-hydrogen) atoms. The van der Waals surface area contributed by atoms with Crippen molar-refractivity contribution in [3.05, 3.63) is 45.3 Å². The van der Waals surface area contributed by atoms with Crippen LogP contribution in [0.2, 0.25) is 0 Å². The molecule has 2 aliphatic heterocycles. The fourth-order valence-electron chi connectivity index (χ4n) is 4.59. The van der Waals surface area contributed by atoms with Gasteiger partial charge in [0, 0.05) is 24.6 Å². The molecular weight excluding hydrogens is 608 g/mol. The first-order chi connectivity index (χ1) is 19.7. The molecule has 0 saturated carbocycles. The van der Waals surface area contributed by atoms with Crippen molar-refractivity contribution in [3.63, 3.8) is 0 Å². The number of aromatic nitrogens is 6. The molecule has 0 aromatic carbocycles. The molecule has 7 N–H and O–H groups in total. The van der Waals surface area contributed by atoms with Gasteiger partial charge in [0.25, 0.3) is 5.56 Å². The molecule has 0 spiro atoms. The molecule has 0 bridgehead atoms. The van der Waals surface area contributed by atoms with E-state index in [1.807, 2.05) is 0 Å². The monoisotopic (exact) mass is 635 g/mol. The molecule has 2 fully saturated rings. The highest BCUT2D eigenvalue weighted by Gasteiger charge is 2.44. The van der Waals surface area contributed by atoms with E-state index in [9.17, 15) is 28.7 Å². The quantitative estimate of drug-likeness (QED) is 0.143. The van der Waals surface area contributed by atoms with Gasteiger partial charge in [-0.3, -0.25) is 32.5 Å². The molecule has 0 amide bonds. The maximum absolute atomic E-state index is 12.9. The average Bonchev–Trinajstić information content (AvgIpc) is 3.60. The second kappa shape index (κ2) is 11.7. The SMILES string of the molecule is Cc1cn([C@H]2CC(O)[C@@H](COP(=O)(O)OC3C[C@H](n4cnc5c(N)ncnc54)O[C@@H]3COP(=O)(O)O)O2)c(=O)[nH]c1=O. The number of anilines is 1. The number of aliphatic hydroxyl groups excluding tert-OH is 1. The van der Waals surface area contributed by atoms with Crippen LogP contribution >= 0.6 is 15.6 Å². The number of fused-ring (bicyclic) bond motifs is 1. The maximum atomic E-state index is 12.9. The van der Waals surface area contributed by atoms with E-state index in [-0.39, 0.29) is 35.4 Å². The predicted octanol–water partition coefficient (Wildman–Crippen LogP) is -1.19. The molecule has 7 atom stereocenters. The topological polar surface area (TPSA) is 286 Å². The lowest BCUT2D eigenvalue weighted by atomic mass is 10.2. The lowest BCUT2D eigenvalue weighted by Crippen LogP contribution is -2.33. The first-order valence-corrected chi connectivity index (χ1v) is 15.3. The minimum Gasteiger partial charge on any atom is -0.390 e. The second-order valence-corrected chi connectivity index (χ2v) is 12.2. The molecule has 3 unspecified atom stereocenters. The minimum atomic E-state index is -4.94. The number of aryl methyl sites for hydroxylation is 1.